The number of halogens is 1. The van der Waals surface area contributed by atoms with E-state index in [-0.39, 0.29) is 0 Å². The van der Waals surface area contributed by atoms with Gasteiger partial charge in [0.2, 0.25) is 0 Å². The van der Waals surface area contributed by atoms with Gasteiger partial charge in [-0.25, -0.2) is 4.98 Å². The summed E-state index contributed by atoms with van der Waals surface area (Å²) in [4.78, 5) is 9.59. The zero-order valence-corrected chi connectivity index (χ0v) is 12.0. The van der Waals surface area contributed by atoms with Gasteiger partial charge in [-0.1, -0.05) is 0 Å². The van der Waals surface area contributed by atoms with Crippen LogP contribution in [0, 0.1) is 6.08 Å². The maximum Gasteiger partial charge on any atom is 0.311 e. The number of anilines is 2. The molecular weight excluding hydrogens is 270 g/mol. The second-order valence-corrected chi connectivity index (χ2v) is 4.73. The molecule has 1 aromatic carbocycles. The molecule has 0 aliphatic carbocycles. The SMILES string of the molecule is COc1ccc(N(C)c2nc([18F])nc3ccn(C)c23)cc1. The van der Waals surface area contributed by atoms with Crippen molar-refractivity contribution >= 4 is 22.5 Å². The first kappa shape index (κ1) is 13.4. The molecule has 0 aliphatic heterocycles. The topological polar surface area (TPSA) is 43.2 Å². The molecule has 2 aromatic heterocycles. The van der Waals surface area contributed by atoms with E-state index in [1.807, 2.05) is 54.0 Å². The summed E-state index contributed by atoms with van der Waals surface area (Å²) < 4.78 is 20.6. The Hall–Kier alpha value is -2.63. The Bertz CT molecular complexity index is 782. The smallest absolute Gasteiger partial charge is 0.311 e. The summed E-state index contributed by atoms with van der Waals surface area (Å²) in [6, 6.07) is 9.27. The summed E-state index contributed by atoms with van der Waals surface area (Å²) in [6.45, 7) is 0. The summed E-state index contributed by atoms with van der Waals surface area (Å²) >= 11 is 0. The van der Waals surface area contributed by atoms with E-state index in [1.54, 1.807) is 13.2 Å². The molecule has 0 saturated carbocycles. The standard InChI is InChI=1S/C15H15FN4O/c1-19-9-8-12-13(19)14(18-15(16)17-12)20(2)10-4-6-11(21-3)7-5-10/h4-9H,1-3H3/i16-1. The first-order valence-corrected chi connectivity index (χ1v) is 6.46. The van der Waals surface area contributed by atoms with Gasteiger partial charge in [-0.15, -0.1) is 0 Å². The third-order valence-corrected chi connectivity index (χ3v) is 3.45. The zero-order valence-electron chi connectivity index (χ0n) is 12.0. The predicted molar refractivity (Wildman–Crippen MR) is 79.5 cm³/mol. The van der Waals surface area contributed by atoms with Gasteiger partial charge in [0.15, 0.2) is 5.82 Å². The molecule has 3 aromatic rings. The lowest BCUT2D eigenvalue weighted by molar-refractivity contribution is 0.415. The number of ether oxygens (including phenoxy) is 1. The maximum atomic E-state index is 13.6. The van der Waals surface area contributed by atoms with E-state index in [4.69, 9.17) is 4.74 Å². The second kappa shape index (κ2) is 5.05. The molecule has 0 amide bonds. The number of aromatic nitrogens is 3. The number of hydrogen-bond acceptors (Lipinski definition) is 4. The Labute approximate surface area is 121 Å². The maximum absolute atomic E-state index is 13.6. The molecule has 6 heteroatoms. The minimum atomic E-state index is -0.732. The fraction of sp³-hybridized carbons (Fsp3) is 0.200. The molecule has 0 unspecified atom stereocenters. The quantitative estimate of drug-likeness (QED) is 0.694. The van der Waals surface area contributed by atoms with Crippen molar-refractivity contribution in [1.29, 1.82) is 0 Å². The molecule has 5 nitrogen and oxygen atoms in total. The van der Waals surface area contributed by atoms with Crippen LogP contribution < -0.4 is 9.64 Å². The Kier molecular flexibility index (Phi) is 3.21. The molecule has 0 radical (unpaired) electrons. The van der Waals surface area contributed by atoms with Gasteiger partial charge < -0.3 is 14.2 Å². The highest BCUT2D eigenvalue weighted by atomic mass is 18.2. The first-order valence-electron chi connectivity index (χ1n) is 6.46. The highest BCUT2D eigenvalue weighted by molar-refractivity contribution is 5.88. The van der Waals surface area contributed by atoms with Gasteiger partial charge in [0.25, 0.3) is 0 Å². The van der Waals surface area contributed by atoms with Crippen molar-refractivity contribution < 1.29 is 9.13 Å². The molecule has 3 rings (SSSR count). The van der Waals surface area contributed by atoms with E-state index in [0.29, 0.717) is 11.3 Å². The minimum absolute atomic E-state index is 0.523. The normalized spacial score (nSPS) is 10.9. The first-order chi connectivity index (χ1) is 10.1. The second-order valence-electron chi connectivity index (χ2n) is 4.73. The zero-order chi connectivity index (χ0) is 15.0. The Morgan fingerprint density at radius 2 is 1.86 bits per heavy atom. The van der Waals surface area contributed by atoms with Crippen molar-refractivity contribution in [3.63, 3.8) is 0 Å². The molecule has 0 fully saturated rings. The van der Waals surface area contributed by atoms with Gasteiger partial charge in [0.05, 0.1) is 12.6 Å². The summed E-state index contributed by atoms with van der Waals surface area (Å²) in [5, 5.41) is 0. The van der Waals surface area contributed by atoms with Crippen LogP contribution in [0.2, 0.25) is 0 Å². The highest BCUT2D eigenvalue weighted by Gasteiger charge is 2.15. The molecule has 0 aliphatic rings. The van der Waals surface area contributed by atoms with Crippen molar-refractivity contribution in [2.45, 2.75) is 0 Å². The lowest BCUT2D eigenvalue weighted by atomic mass is 10.2. The lowest BCUT2D eigenvalue weighted by Crippen LogP contribution is -2.14. The average Bonchev–Trinajstić information content (AvgIpc) is 2.87. The van der Waals surface area contributed by atoms with E-state index in [0.717, 1.165) is 17.0 Å². The highest BCUT2D eigenvalue weighted by Crippen LogP contribution is 2.29. The van der Waals surface area contributed by atoms with Crippen LogP contribution in [0.4, 0.5) is 15.9 Å². The number of fused-ring (bicyclic) bond motifs is 1. The minimum Gasteiger partial charge on any atom is -0.497 e. The van der Waals surface area contributed by atoms with Crippen LogP contribution >= 0.6 is 0 Å². The average molecular weight is 285 g/mol. The van der Waals surface area contributed by atoms with Crippen molar-refractivity contribution in [2.75, 3.05) is 19.1 Å². The molecule has 0 spiro atoms. The van der Waals surface area contributed by atoms with Gasteiger partial charge >= 0.3 is 6.08 Å². The number of methoxy groups -OCH3 is 1. The van der Waals surface area contributed by atoms with Crippen molar-refractivity contribution in [3.05, 3.63) is 42.6 Å². The number of hydrogen-bond donors (Lipinski definition) is 0. The third-order valence-electron chi connectivity index (χ3n) is 3.45. The molecule has 2 heterocycles. The lowest BCUT2D eigenvalue weighted by Gasteiger charge is -2.20. The molecule has 0 saturated heterocycles. The number of rotatable bonds is 3. The van der Waals surface area contributed by atoms with Crippen LogP contribution in [0.1, 0.15) is 0 Å². The van der Waals surface area contributed by atoms with Gasteiger partial charge in [-0.05, 0) is 30.3 Å². The van der Waals surface area contributed by atoms with Crippen LogP contribution in [-0.4, -0.2) is 28.7 Å². The van der Waals surface area contributed by atoms with Gasteiger partial charge in [-0.2, -0.15) is 9.37 Å². The van der Waals surface area contributed by atoms with E-state index in [2.05, 4.69) is 9.97 Å². The van der Waals surface area contributed by atoms with Crippen LogP contribution in [0.15, 0.2) is 36.5 Å². The van der Waals surface area contributed by atoms with Gasteiger partial charge in [-0.3, -0.25) is 0 Å². The summed E-state index contributed by atoms with van der Waals surface area (Å²) in [5.74, 6) is 1.29. The molecule has 0 N–H and O–H groups in total. The number of nitrogens with zero attached hydrogens (tertiary/aromatic N) is 4. The fourth-order valence-electron chi connectivity index (χ4n) is 2.31. The van der Waals surface area contributed by atoms with Gasteiger partial charge in [0.1, 0.15) is 11.3 Å². The van der Waals surface area contributed by atoms with Crippen molar-refractivity contribution in [1.82, 2.24) is 14.5 Å². The van der Waals surface area contributed by atoms with Gasteiger partial charge in [0, 0.05) is 26.0 Å². The molecule has 21 heavy (non-hydrogen) atoms. The predicted octanol–water partition coefficient (Wildman–Crippen LogP) is 2.88. The third kappa shape index (κ3) is 2.29. The Morgan fingerprint density at radius 3 is 2.52 bits per heavy atom. The number of benzene rings is 1. The summed E-state index contributed by atoms with van der Waals surface area (Å²) in [5.41, 5.74) is 2.26. The van der Waals surface area contributed by atoms with Crippen LogP contribution in [0.25, 0.3) is 11.0 Å². The van der Waals surface area contributed by atoms with E-state index >= 15 is 0 Å². The van der Waals surface area contributed by atoms with Crippen molar-refractivity contribution in [3.8, 4) is 5.75 Å². The monoisotopic (exact) mass is 285 g/mol. The number of aryl methyl sites for hydroxylation is 1. The van der Waals surface area contributed by atoms with E-state index in [1.165, 1.54) is 0 Å². The molecular formula is C15H15FN4O. The summed E-state index contributed by atoms with van der Waals surface area (Å²) in [7, 11) is 5.34. The van der Waals surface area contributed by atoms with E-state index in [9.17, 15) is 4.39 Å². The molecule has 108 valence electrons. The molecule has 0 atom stereocenters. The fourth-order valence-corrected chi connectivity index (χ4v) is 2.31. The van der Waals surface area contributed by atoms with Crippen molar-refractivity contribution in [2.24, 2.45) is 7.05 Å². The molecule has 0 bridgehead atoms. The summed E-state index contributed by atoms with van der Waals surface area (Å²) in [6.07, 6.45) is 1.11. The van der Waals surface area contributed by atoms with E-state index < -0.39 is 6.08 Å². The Morgan fingerprint density at radius 1 is 1.14 bits per heavy atom. The van der Waals surface area contributed by atoms with Crippen LogP contribution in [0.5, 0.6) is 5.75 Å². The van der Waals surface area contributed by atoms with Crippen LogP contribution in [0.3, 0.4) is 0 Å². The van der Waals surface area contributed by atoms with Crippen LogP contribution in [-0.2, 0) is 7.05 Å². The Balaban J connectivity index is 2.11. The largest absolute Gasteiger partial charge is 0.497 e.